The lowest BCUT2D eigenvalue weighted by Crippen LogP contribution is -2.47. The quantitative estimate of drug-likeness (QED) is 0.130. The van der Waals surface area contributed by atoms with Crippen LogP contribution in [0.15, 0.2) is 237 Å². The van der Waals surface area contributed by atoms with E-state index in [9.17, 15) is 15.2 Å². The number of carbonyl (C=O) groups excluding carboxylic acids is 1. The minimum Gasteiger partial charge on any atom is -0.392 e. The number of pyridine rings is 5. The fraction of sp³-hybridized carbons (Fsp3) is 0.326. The molecule has 0 saturated carbocycles. The molecular weight excluding hydrogens is 1300 g/mol. The molecule has 6 aliphatic heterocycles. The number of hydrogen-bond donors (Lipinski definition) is 2. The van der Waals surface area contributed by atoms with Crippen LogP contribution in [0.1, 0.15) is 102 Å². The van der Waals surface area contributed by atoms with Crippen molar-refractivity contribution in [3.63, 3.8) is 0 Å². The van der Waals surface area contributed by atoms with Gasteiger partial charge in [0, 0.05) is 147 Å². The lowest BCUT2D eigenvalue weighted by Gasteiger charge is -2.41. The lowest BCUT2D eigenvalue weighted by atomic mass is 9.96. The predicted molar refractivity (Wildman–Crippen MR) is 420 cm³/mol. The molecule has 5 atom stereocenters. The van der Waals surface area contributed by atoms with Crippen LogP contribution in [0.3, 0.4) is 0 Å². The number of piperazine rings is 5. The largest absolute Gasteiger partial charge is 0.392 e. The van der Waals surface area contributed by atoms with E-state index in [0.29, 0.717) is 28.8 Å². The predicted octanol–water partition coefficient (Wildman–Crippen LogP) is 11.9. The van der Waals surface area contributed by atoms with Gasteiger partial charge in [0.1, 0.15) is 35.4 Å². The summed E-state index contributed by atoms with van der Waals surface area (Å²) in [5, 5.41) is 30.9. The first-order chi connectivity index (χ1) is 51.4. The third kappa shape index (κ3) is 20.0. The number of nitrogens with zero attached hydrogens (tertiary/aromatic N) is 16. The van der Waals surface area contributed by atoms with E-state index >= 15 is 0 Å². The Balaban J connectivity index is 0.000000128. The number of fused-ring (bicyclic) bond motifs is 5. The molecule has 540 valence electrons. The fourth-order valence-corrected chi connectivity index (χ4v) is 14.6. The normalized spacial score (nSPS) is 19.6. The number of aldehydes is 1. The van der Waals surface area contributed by atoms with Gasteiger partial charge in [0.25, 0.3) is 0 Å². The van der Waals surface area contributed by atoms with E-state index in [1.165, 1.54) is 44.8 Å². The number of anilines is 4. The summed E-state index contributed by atoms with van der Waals surface area (Å²) in [6.07, 6.45) is 10.8. The summed E-state index contributed by atoms with van der Waals surface area (Å²) in [5.41, 5.74) is 13.1. The number of nitrogens with one attached hydrogen (secondary N) is 1. The number of aryl methyl sites for hydroxylation is 1. The lowest BCUT2D eigenvalue weighted by molar-refractivity contribution is 0.112. The van der Waals surface area contributed by atoms with E-state index in [4.69, 9.17) is 5.26 Å². The van der Waals surface area contributed by atoms with Crippen molar-refractivity contribution in [2.75, 3.05) is 153 Å². The number of aromatic nitrogens is 5. The average molecular weight is 1400 g/mol. The molecule has 0 aliphatic carbocycles. The molecule has 5 saturated heterocycles. The van der Waals surface area contributed by atoms with Gasteiger partial charge in [-0.15, -0.1) is 0 Å². The van der Waals surface area contributed by atoms with E-state index in [2.05, 4.69) is 255 Å². The van der Waals surface area contributed by atoms with Crippen LogP contribution in [0.2, 0.25) is 0 Å². The highest BCUT2D eigenvalue weighted by molar-refractivity contribution is 5.83. The maximum atomic E-state index is 11.3. The van der Waals surface area contributed by atoms with Gasteiger partial charge in [-0.25, -0.2) is 19.9 Å². The zero-order valence-electron chi connectivity index (χ0n) is 61.5. The monoisotopic (exact) mass is 1400 g/mol. The molecule has 5 unspecified atom stereocenters. The average Bonchev–Trinajstić information content (AvgIpc) is 1.73. The van der Waals surface area contributed by atoms with Crippen LogP contribution >= 0.6 is 0 Å². The van der Waals surface area contributed by atoms with Crippen LogP contribution < -0.4 is 24.9 Å². The van der Waals surface area contributed by atoms with Gasteiger partial charge in [0.2, 0.25) is 0 Å². The fourth-order valence-electron chi connectivity index (χ4n) is 14.6. The summed E-state index contributed by atoms with van der Waals surface area (Å²) in [6.45, 7) is 16.9. The number of aliphatic hydroxyl groups excluding tert-OH is 1. The molecule has 11 heterocycles. The van der Waals surface area contributed by atoms with Crippen molar-refractivity contribution < 1.29 is 9.90 Å². The molecule has 0 bridgehead atoms. The summed E-state index contributed by atoms with van der Waals surface area (Å²) >= 11 is 0. The second-order valence-electron chi connectivity index (χ2n) is 27.6. The van der Waals surface area contributed by atoms with Gasteiger partial charge >= 0.3 is 0 Å². The molecule has 5 fully saturated rings. The van der Waals surface area contributed by atoms with E-state index in [0.717, 1.165) is 140 Å². The minimum absolute atomic E-state index is 0.0248. The molecule has 0 amide bonds. The standard InChI is InChI=1S/C17H18N4.C17H21N3O.C17H19N3O.C17H19N3.C11H16N2.C7H6N2/c1-20-10-11-21(17-15(12-18)8-5-9-19-17)16(13-20)14-6-3-2-4-7-14;2*1-19-10-11-20(17-15(13-21)8-5-9-18-17)16(12-19)14-6-3-2-4-7-14;1-19-9-10-20-16(12-19)15-7-3-2-5-13(15)11-14-6-4-8-18-17(14)20;1-13-8-7-12-11(9-13)10-5-3-2-4-6-10;1-6-7(5-8)3-2-4-9-6/h2-9,16H,10-11,13H2,1H3;2-9,16,21H,10-13H2,1H3;2-9,13,16H,10-12H2,1H3;2-8,16H,9-12H2,1H3;2-6,11-12H,7-9H2,1H3;2-4H,1H3. The highest BCUT2D eigenvalue weighted by Crippen LogP contribution is 2.39. The molecule has 19 heteroatoms. The molecule has 16 rings (SSSR count). The van der Waals surface area contributed by atoms with Gasteiger partial charge in [-0.2, -0.15) is 10.5 Å². The Kier molecular flexibility index (Phi) is 27.5. The third-order valence-corrected chi connectivity index (χ3v) is 20.2. The van der Waals surface area contributed by atoms with Gasteiger partial charge in [-0.1, -0.05) is 158 Å². The summed E-state index contributed by atoms with van der Waals surface area (Å²) in [6, 6.07) is 75.8. The molecular formula is C86H99N17O2. The first-order valence-electron chi connectivity index (χ1n) is 36.5. The van der Waals surface area contributed by atoms with E-state index < -0.39 is 0 Å². The SMILES string of the molecule is CN1CCN(c2ncccc2C#N)C(c2ccccc2)C1.CN1CCN(c2ncccc2C=O)C(c2ccccc2)C1.CN1CCN(c2ncccc2CO)C(c2ccccc2)C1.CN1CCN2c3ncccc3Cc3ccccc3C2C1.CN1CCNC(c2ccccc2)C1.Cc1ncccc1C#N. The smallest absolute Gasteiger partial charge is 0.153 e. The first-order valence-corrected chi connectivity index (χ1v) is 36.5. The number of carbonyl (C=O) groups is 1. The Morgan fingerprint density at radius 1 is 0.410 bits per heavy atom. The van der Waals surface area contributed by atoms with Crippen molar-refractivity contribution in [1.29, 1.82) is 10.5 Å². The number of hydrogen-bond acceptors (Lipinski definition) is 19. The van der Waals surface area contributed by atoms with Crippen LogP contribution in [0.4, 0.5) is 23.3 Å². The van der Waals surface area contributed by atoms with E-state index in [1.54, 1.807) is 43.0 Å². The highest BCUT2D eigenvalue weighted by Gasteiger charge is 2.35. The first kappa shape index (κ1) is 75.6. The number of benzene rings is 5. The topological polar surface area (TPSA) is 191 Å². The van der Waals surface area contributed by atoms with Crippen LogP contribution in [-0.2, 0) is 13.0 Å². The van der Waals surface area contributed by atoms with Gasteiger partial charge in [-0.3, -0.25) is 9.78 Å². The van der Waals surface area contributed by atoms with Gasteiger partial charge in [0.05, 0.1) is 53.2 Å². The van der Waals surface area contributed by atoms with Crippen LogP contribution in [0.5, 0.6) is 0 Å². The third-order valence-electron chi connectivity index (χ3n) is 20.2. The van der Waals surface area contributed by atoms with Crippen LogP contribution in [0.25, 0.3) is 0 Å². The minimum atomic E-state index is 0.0248. The molecule has 0 spiro atoms. The number of likely N-dealkylation sites (N-methyl/N-ethyl adjacent to an activating group) is 5. The van der Waals surface area contributed by atoms with Crippen molar-refractivity contribution in [2.45, 2.75) is 50.2 Å². The summed E-state index contributed by atoms with van der Waals surface area (Å²) < 4.78 is 0. The van der Waals surface area contributed by atoms with E-state index in [1.807, 2.05) is 67.7 Å². The van der Waals surface area contributed by atoms with Crippen LogP contribution in [0, 0.1) is 29.6 Å². The number of rotatable bonds is 9. The van der Waals surface area contributed by atoms with Gasteiger partial charge in [-0.05, 0) is 130 Å². The van der Waals surface area contributed by atoms with Gasteiger partial charge in [0.15, 0.2) is 6.29 Å². The maximum absolute atomic E-state index is 11.3. The molecule has 2 N–H and O–H groups in total. The van der Waals surface area contributed by atoms with Gasteiger partial charge < -0.3 is 54.5 Å². The zero-order chi connectivity index (χ0) is 73.3. The van der Waals surface area contributed by atoms with Crippen LogP contribution in [-0.4, -0.2) is 194 Å². The number of aliphatic hydroxyl groups is 1. The maximum Gasteiger partial charge on any atom is 0.153 e. The molecule has 19 nitrogen and oxygen atoms in total. The second kappa shape index (κ2) is 38.3. The molecule has 5 aromatic heterocycles. The molecule has 0 radical (unpaired) electrons. The van der Waals surface area contributed by atoms with Crippen molar-refractivity contribution in [1.82, 2.24) is 54.7 Å². The molecule has 6 aliphatic rings. The Bertz CT molecular complexity index is 4410. The van der Waals surface area contributed by atoms with Crippen molar-refractivity contribution in [3.8, 4) is 12.1 Å². The summed E-state index contributed by atoms with van der Waals surface area (Å²) in [7, 11) is 10.8. The zero-order valence-corrected chi connectivity index (χ0v) is 61.5. The van der Waals surface area contributed by atoms with Crippen molar-refractivity contribution in [3.05, 3.63) is 304 Å². The molecule has 105 heavy (non-hydrogen) atoms. The Morgan fingerprint density at radius 3 is 1.31 bits per heavy atom. The Hall–Kier alpha value is -10.6. The summed E-state index contributed by atoms with van der Waals surface area (Å²) in [4.78, 5) is 54.4. The van der Waals surface area contributed by atoms with Crippen molar-refractivity contribution in [2.24, 2.45) is 0 Å². The summed E-state index contributed by atoms with van der Waals surface area (Å²) in [5.74, 6) is 3.67. The molecule has 5 aromatic carbocycles. The second-order valence-corrected chi connectivity index (χ2v) is 27.6. The Morgan fingerprint density at radius 2 is 0.810 bits per heavy atom. The van der Waals surface area contributed by atoms with E-state index in [-0.39, 0.29) is 24.7 Å². The highest BCUT2D eigenvalue weighted by atomic mass is 16.3. The van der Waals surface area contributed by atoms with Crippen molar-refractivity contribution >= 4 is 29.6 Å². The number of nitriles is 2. The molecule has 10 aromatic rings. The Labute approximate surface area is 620 Å².